The molecule has 0 unspecified atom stereocenters. The second kappa shape index (κ2) is 6.77. The quantitative estimate of drug-likeness (QED) is 0.517. The zero-order valence-electron chi connectivity index (χ0n) is 12.9. The Kier molecular flexibility index (Phi) is 4.69. The van der Waals surface area contributed by atoms with Crippen LogP contribution in [0.3, 0.4) is 0 Å². The van der Waals surface area contributed by atoms with Crippen molar-refractivity contribution in [2.45, 2.75) is 13.1 Å². The van der Waals surface area contributed by atoms with E-state index < -0.39 is 11.6 Å². The van der Waals surface area contributed by atoms with Crippen molar-refractivity contribution >= 4 is 56.6 Å². The molecule has 0 aliphatic carbocycles. The SMILES string of the molecule is NC(=S)NCc1c(F)ccc2c1oc1c(CNC(N)=S)c(F)ccc12. The van der Waals surface area contributed by atoms with Gasteiger partial charge in [0.2, 0.25) is 0 Å². The molecule has 1 heterocycles. The molecule has 2 aromatic carbocycles. The van der Waals surface area contributed by atoms with E-state index in [-0.39, 0.29) is 34.4 Å². The van der Waals surface area contributed by atoms with Crippen molar-refractivity contribution in [2.24, 2.45) is 11.5 Å². The summed E-state index contributed by atoms with van der Waals surface area (Å²) in [6.07, 6.45) is 0. The molecule has 0 aliphatic heterocycles. The highest BCUT2D eigenvalue weighted by Gasteiger charge is 2.19. The number of hydrogen-bond donors (Lipinski definition) is 4. The third kappa shape index (κ3) is 3.33. The van der Waals surface area contributed by atoms with Gasteiger partial charge in [-0.05, 0) is 48.7 Å². The number of furan rings is 1. The average molecular weight is 380 g/mol. The minimum Gasteiger partial charge on any atom is -0.455 e. The van der Waals surface area contributed by atoms with E-state index in [1.54, 1.807) is 12.1 Å². The van der Waals surface area contributed by atoms with Crippen LogP contribution in [0.2, 0.25) is 0 Å². The summed E-state index contributed by atoms with van der Waals surface area (Å²) in [5.41, 5.74) is 11.9. The molecule has 6 N–H and O–H groups in total. The molecule has 3 rings (SSSR count). The molecule has 0 fully saturated rings. The zero-order chi connectivity index (χ0) is 18.1. The molecule has 9 heteroatoms. The minimum absolute atomic E-state index is 0.0416. The Bertz CT molecular complexity index is 925. The molecule has 0 aliphatic rings. The Hall–Kier alpha value is -2.52. The van der Waals surface area contributed by atoms with E-state index in [4.69, 9.17) is 40.3 Å². The number of rotatable bonds is 4. The lowest BCUT2D eigenvalue weighted by Crippen LogP contribution is -2.28. The number of nitrogens with two attached hydrogens (primary N) is 2. The van der Waals surface area contributed by atoms with Crippen molar-refractivity contribution < 1.29 is 13.2 Å². The van der Waals surface area contributed by atoms with Crippen molar-refractivity contribution in [3.63, 3.8) is 0 Å². The van der Waals surface area contributed by atoms with Crippen molar-refractivity contribution in [3.8, 4) is 0 Å². The van der Waals surface area contributed by atoms with E-state index in [1.165, 1.54) is 12.1 Å². The van der Waals surface area contributed by atoms with Crippen LogP contribution in [0.5, 0.6) is 0 Å². The smallest absolute Gasteiger partial charge is 0.163 e. The highest BCUT2D eigenvalue weighted by molar-refractivity contribution is 7.80. The fourth-order valence-corrected chi connectivity index (χ4v) is 2.79. The van der Waals surface area contributed by atoms with E-state index in [0.717, 1.165) is 0 Å². The summed E-state index contributed by atoms with van der Waals surface area (Å²) in [6.45, 7) is 0.114. The van der Waals surface area contributed by atoms with Crippen molar-refractivity contribution in [3.05, 3.63) is 47.0 Å². The van der Waals surface area contributed by atoms with Crippen LogP contribution in [0.25, 0.3) is 21.9 Å². The van der Waals surface area contributed by atoms with Crippen LogP contribution in [0.4, 0.5) is 8.78 Å². The molecule has 130 valence electrons. The predicted molar refractivity (Wildman–Crippen MR) is 101 cm³/mol. The summed E-state index contributed by atoms with van der Waals surface area (Å²) in [5.74, 6) is -0.947. The molecule has 0 spiro atoms. The number of hydrogen-bond acceptors (Lipinski definition) is 3. The maximum atomic E-state index is 14.2. The van der Waals surface area contributed by atoms with Gasteiger partial charge in [-0.25, -0.2) is 8.78 Å². The van der Waals surface area contributed by atoms with Gasteiger partial charge >= 0.3 is 0 Å². The van der Waals surface area contributed by atoms with Gasteiger partial charge < -0.3 is 26.5 Å². The fraction of sp³-hybridized carbons (Fsp3) is 0.125. The number of nitrogens with one attached hydrogen (secondary N) is 2. The molecule has 0 atom stereocenters. The Labute approximate surface area is 152 Å². The van der Waals surface area contributed by atoms with Gasteiger partial charge in [0.25, 0.3) is 0 Å². The van der Waals surface area contributed by atoms with Gasteiger partial charge in [-0.3, -0.25) is 0 Å². The van der Waals surface area contributed by atoms with Crippen LogP contribution in [-0.4, -0.2) is 10.2 Å². The van der Waals surface area contributed by atoms with Crippen LogP contribution in [0.1, 0.15) is 11.1 Å². The first-order chi connectivity index (χ1) is 11.9. The van der Waals surface area contributed by atoms with Gasteiger partial charge in [-0.15, -0.1) is 0 Å². The van der Waals surface area contributed by atoms with Gasteiger partial charge in [0, 0.05) is 23.9 Å². The molecule has 0 bridgehead atoms. The van der Waals surface area contributed by atoms with E-state index in [2.05, 4.69) is 10.6 Å². The summed E-state index contributed by atoms with van der Waals surface area (Å²) in [7, 11) is 0. The first kappa shape index (κ1) is 17.3. The summed E-state index contributed by atoms with van der Waals surface area (Å²) in [4.78, 5) is 0. The number of fused-ring (bicyclic) bond motifs is 3. The number of halogens is 2. The van der Waals surface area contributed by atoms with E-state index in [9.17, 15) is 8.78 Å². The summed E-state index contributed by atoms with van der Waals surface area (Å²) >= 11 is 9.51. The van der Waals surface area contributed by atoms with Crippen LogP contribution < -0.4 is 22.1 Å². The Balaban J connectivity index is 2.20. The molecule has 0 amide bonds. The van der Waals surface area contributed by atoms with Crippen LogP contribution in [0.15, 0.2) is 28.7 Å². The molecular formula is C16H14F2N4OS2. The van der Waals surface area contributed by atoms with Crippen molar-refractivity contribution in [1.82, 2.24) is 10.6 Å². The molecule has 1 aromatic heterocycles. The first-order valence-corrected chi connectivity index (χ1v) is 8.07. The van der Waals surface area contributed by atoms with Crippen LogP contribution >= 0.6 is 24.4 Å². The molecule has 0 saturated heterocycles. The predicted octanol–water partition coefficient (Wildman–Crippen LogP) is 2.53. The Morgan fingerprint density at radius 1 is 0.840 bits per heavy atom. The molecule has 0 radical (unpaired) electrons. The van der Waals surface area contributed by atoms with E-state index in [0.29, 0.717) is 21.9 Å². The lowest BCUT2D eigenvalue weighted by atomic mass is 10.1. The molecule has 5 nitrogen and oxygen atoms in total. The van der Waals surface area contributed by atoms with E-state index >= 15 is 0 Å². The van der Waals surface area contributed by atoms with Crippen LogP contribution in [0, 0.1) is 11.6 Å². The summed E-state index contributed by atoms with van der Waals surface area (Å²) in [5, 5.41) is 6.79. The normalized spacial score (nSPS) is 11.0. The fourth-order valence-electron chi connectivity index (χ4n) is 2.65. The maximum absolute atomic E-state index is 14.2. The number of benzene rings is 2. The monoisotopic (exact) mass is 380 g/mol. The first-order valence-electron chi connectivity index (χ1n) is 7.26. The molecule has 0 saturated carbocycles. The maximum Gasteiger partial charge on any atom is 0.163 e. The van der Waals surface area contributed by atoms with Gasteiger partial charge in [-0.1, -0.05) is 0 Å². The second-order valence-electron chi connectivity index (χ2n) is 5.34. The van der Waals surface area contributed by atoms with E-state index in [1.807, 2.05) is 0 Å². The van der Waals surface area contributed by atoms with Gasteiger partial charge in [0.05, 0.1) is 11.1 Å². The lowest BCUT2D eigenvalue weighted by molar-refractivity contribution is 0.583. The second-order valence-corrected chi connectivity index (χ2v) is 6.22. The van der Waals surface area contributed by atoms with Gasteiger partial charge in [0.1, 0.15) is 22.8 Å². The van der Waals surface area contributed by atoms with Crippen molar-refractivity contribution in [2.75, 3.05) is 0 Å². The highest BCUT2D eigenvalue weighted by Crippen LogP contribution is 2.35. The van der Waals surface area contributed by atoms with Gasteiger partial charge in [-0.2, -0.15) is 0 Å². The summed E-state index contributed by atoms with van der Waals surface area (Å²) < 4.78 is 34.3. The Morgan fingerprint density at radius 2 is 1.24 bits per heavy atom. The third-order valence-electron chi connectivity index (χ3n) is 3.78. The standard InChI is InChI=1S/C16H14F2N4OS2/c17-11-3-1-7-8-2-4-12(18)10(6-22-16(20)25)14(8)23-13(7)9(11)5-21-15(19)24/h1-4H,5-6H2,(H3,19,21,24)(H3,20,22,25). The largest absolute Gasteiger partial charge is 0.455 e. The number of thiocarbonyl (C=S) groups is 2. The highest BCUT2D eigenvalue weighted by atomic mass is 32.1. The lowest BCUT2D eigenvalue weighted by Gasteiger charge is -2.06. The van der Waals surface area contributed by atoms with Crippen molar-refractivity contribution in [1.29, 1.82) is 0 Å². The zero-order valence-corrected chi connectivity index (χ0v) is 14.5. The molecule has 25 heavy (non-hydrogen) atoms. The Morgan fingerprint density at radius 3 is 1.60 bits per heavy atom. The summed E-state index contributed by atoms with van der Waals surface area (Å²) in [6, 6.07) is 5.82. The molecular weight excluding hydrogens is 366 g/mol. The van der Waals surface area contributed by atoms with Crippen LogP contribution in [-0.2, 0) is 13.1 Å². The topological polar surface area (TPSA) is 89.2 Å². The molecule has 3 aromatic rings. The third-order valence-corrected chi connectivity index (χ3v) is 4.07. The average Bonchev–Trinajstić information content (AvgIpc) is 2.91. The van der Waals surface area contributed by atoms with Gasteiger partial charge in [0.15, 0.2) is 10.2 Å². The minimum atomic E-state index is -0.474.